The maximum atomic E-state index is 12.0. The first-order valence-corrected chi connectivity index (χ1v) is 7.57. The van der Waals surface area contributed by atoms with Crippen LogP contribution in [0.2, 0.25) is 0 Å². The first-order valence-electron chi connectivity index (χ1n) is 7.57. The van der Waals surface area contributed by atoms with Gasteiger partial charge in [-0.2, -0.15) is 0 Å². The molecule has 2 aromatic rings. The predicted molar refractivity (Wildman–Crippen MR) is 87.5 cm³/mol. The highest BCUT2D eigenvalue weighted by molar-refractivity contribution is 6.02. The summed E-state index contributed by atoms with van der Waals surface area (Å²) in [6.07, 6.45) is 1.98. The fraction of sp³-hybridized carbons (Fsp3) is 0.389. The van der Waals surface area contributed by atoms with Crippen molar-refractivity contribution in [1.29, 1.82) is 0 Å². The summed E-state index contributed by atoms with van der Waals surface area (Å²) < 4.78 is 2.26. The highest BCUT2D eigenvalue weighted by Gasteiger charge is 2.25. The zero-order chi connectivity index (χ0) is 15.6. The average Bonchev–Trinajstić information content (AvgIpc) is 2.73. The number of carbonyl (C=O) groups is 1. The fourth-order valence-corrected chi connectivity index (χ4v) is 3.17. The molecule has 0 aliphatic rings. The van der Waals surface area contributed by atoms with Gasteiger partial charge in [0.15, 0.2) is 0 Å². The van der Waals surface area contributed by atoms with E-state index in [-0.39, 0.29) is 5.91 Å². The summed E-state index contributed by atoms with van der Waals surface area (Å²) in [5.74, 6) is -0.344. The van der Waals surface area contributed by atoms with Crippen molar-refractivity contribution in [2.24, 2.45) is 5.73 Å². The SMILES string of the molecule is CCCc1c(-c2ccccc2)c(C(N)=O)c(C)n1C(C)C. The van der Waals surface area contributed by atoms with E-state index in [4.69, 9.17) is 5.73 Å². The second-order valence-corrected chi connectivity index (χ2v) is 5.73. The molecule has 0 radical (unpaired) electrons. The number of primary amides is 1. The van der Waals surface area contributed by atoms with E-state index in [0.29, 0.717) is 11.6 Å². The smallest absolute Gasteiger partial charge is 0.251 e. The van der Waals surface area contributed by atoms with E-state index in [0.717, 1.165) is 29.7 Å². The quantitative estimate of drug-likeness (QED) is 0.883. The Morgan fingerprint density at radius 1 is 1.24 bits per heavy atom. The number of nitrogens with zero attached hydrogens (tertiary/aromatic N) is 1. The molecule has 0 unspecified atom stereocenters. The van der Waals surface area contributed by atoms with Crippen LogP contribution in [0.4, 0.5) is 0 Å². The highest BCUT2D eigenvalue weighted by Crippen LogP contribution is 2.35. The Kier molecular flexibility index (Phi) is 4.51. The third-order valence-corrected chi connectivity index (χ3v) is 3.86. The van der Waals surface area contributed by atoms with Crippen LogP contribution in [-0.2, 0) is 6.42 Å². The number of hydrogen-bond acceptors (Lipinski definition) is 1. The van der Waals surface area contributed by atoms with Crippen LogP contribution < -0.4 is 5.73 Å². The zero-order valence-electron chi connectivity index (χ0n) is 13.3. The van der Waals surface area contributed by atoms with E-state index in [2.05, 4.69) is 25.3 Å². The summed E-state index contributed by atoms with van der Waals surface area (Å²) in [6.45, 7) is 8.44. The third-order valence-electron chi connectivity index (χ3n) is 3.86. The summed E-state index contributed by atoms with van der Waals surface area (Å²) in [5, 5.41) is 0. The first-order chi connectivity index (χ1) is 9.99. The van der Waals surface area contributed by atoms with Crippen molar-refractivity contribution >= 4 is 5.91 Å². The minimum Gasteiger partial charge on any atom is -0.366 e. The Labute approximate surface area is 126 Å². The van der Waals surface area contributed by atoms with Gasteiger partial charge in [0.05, 0.1) is 5.56 Å². The second kappa shape index (κ2) is 6.17. The minimum absolute atomic E-state index is 0.308. The lowest BCUT2D eigenvalue weighted by Crippen LogP contribution is -2.14. The molecule has 0 bridgehead atoms. The Morgan fingerprint density at radius 2 is 1.86 bits per heavy atom. The molecule has 2 N–H and O–H groups in total. The van der Waals surface area contributed by atoms with Crippen molar-refractivity contribution in [2.45, 2.75) is 46.6 Å². The van der Waals surface area contributed by atoms with E-state index in [1.54, 1.807) is 0 Å². The maximum Gasteiger partial charge on any atom is 0.251 e. The van der Waals surface area contributed by atoms with E-state index in [1.165, 1.54) is 5.69 Å². The van der Waals surface area contributed by atoms with Gasteiger partial charge in [-0.3, -0.25) is 4.79 Å². The molecule has 21 heavy (non-hydrogen) atoms. The van der Waals surface area contributed by atoms with Gasteiger partial charge >= 0.3 is 0 Å². The molecule has 0 aliphatic heterocycles. The predicted octanol–water partition coefficient (Wildman–Crippen LogP) is 4.10. The molecule has 1 aromatic carbocycles. The molecule has 2 rings (SSSR count). The van der Waals surface area contributed by atoms with Crippen LogP contribution in [0.5, 0.6) is 0 Å². The Hall–Kier alpha value is -2.03. The normalized spacial score (nSPS) is 11.1. The van der Waals surface area contributed by atoms with Crippen molar-refractivity contribution in [2.75, 3.05) is 0 Å². The maximum absolute atomic E-state index is 12.0. The van der Waals surface area contributed by atoms with Gasteiger partial charge in [-0.1, -0.05) is 43.7 Å². The number of carbonyl (C=O) groups excluding carboxylic acids is 1. The van der Waals surface area contributed by atoms with Gasteiger partial charge in [0.25, 0.3) is 5.91 Å². The lowest BCUT2D eigenvalue weighted by molar-refractivity contribution is 0.1000. The van der Waals surface area contributed by atoms with E-state index >= 15 is 0 Å². The molecule has 1 heterocycles. The molecule has 1 aromatic heterocycles. The number of rotatable bonds is 5. The monoisotopic (exact) mass is 284 g/mol. The lowest BCUT2D eigenvalue weighted by atomic mass is 9.98. The Balaban J connectivity index is 2.82. The molecule has 3 heteroatoms. The zero-order valence-corrected chi connectivity index (χ0v) is 13.3. The van der Waals surface area contributed by atoms with Crippen LogP contribution in [0.15, 0.2) is 30.3 Å². The molecule has 0 fully saturated rings. The molecular weight excluding hydrogens is 260 g/mol. The van der Waals surface area contributed by atoms with E-state index in [9.17, 15) is 4.79 Å². The summed E-state index contributed by atoms with van der Waals surface area (Å²) >= 11 is 0. The standard InChI is InChI=1S/C18H24N2O/c1-5-9-15-17(14-10-7-6-8-11-14)16(18(19)21)13(4)20(15)12(2)3/h6-8,10-12H,5,9H2,1-4H3,(H2,19,21). The van der Waals surface area contributed by atoms with Crippen LogP contribution in [-0.4, -0.2) is 10.5 Å². The lowest BCUT2D eigenvalue weighted by Gasteiger charge is -2.16. The number of benzene rings is 1. The van der Waals surface area contributed by atoms with Crippen molar-refractivity contribution in [3.63, 3.8) is 0 Å². The Morgan fingerprint density at radius 3 is 2.33 bits per heavy atom. The number of amides is 1. The van der Waals surface area contributed by atoms with Gasteiger partial charge in [0.2, 0.25) is 0 Å². The molecule has 0 atom stereocenters. The van der Waals surface area contributed by atoms with Crippen molar-refractivity contribution in [3.8, 4) is 11.1 Å². The molecule has 0 spiro atoms. The molecule has 3 nitrogen and oxygen atoms in total. The van der Waals surface area contributed by atoms with Crippen LogP contribution in [0.25, 0.3) is 11.1 Å². The summed E-state index contributed by atoms with van der Waals surface area (Å²) in [7, 11) is 0. The Bertz CT molecular complexity index is 639. The third kappa shape index (κ3) is 2.73. The van der Waals surface area contributed by atoms with E-state index < -0.39 is 0 Å². The molecule has 0 saturated heterocycles. The van der Waals surface area contributed by atoms with Gasteiger partial charge in [-0.05, 0) is 32.8 Å². The molecule has 112 valence electrons. The largest absolute Gasteiger partial charge is 0.366 e. The minimum atomic E-state index is -0.344. The van der Waals surface area contributed by atoms with Gasteiger partial charge in [0, 0.05) is 23.0 Å². The van der Waals surface area contributed by atoms with E-state index in [1.807, 2.05) is 37.3 Å². The molecular formula is C18H24N2O. The molecule has 0 saturated carbocycles. The summed E-state index contributed by atoms with van der Waals surface area (Å²) in [5.41, 5.74) is 10.6. The fourth-order valence-electron chi connectivity index (χ4n) is 3.17. The van der Waals surface area contributed by atoms with Crippen molar-refractivity contribution < 1.29 is 4.79 Å². The van der Waals surface area contributed by atoms with Crippen LogP contribution in [0.3, 0.4) is 0 Å². The van der Waals surface area contributed by atoms with Crippen molar-refractivity contribution in [3.05, 3.63) is 47.3 Å². The highest BCUT2D eigenvalue weighted by atomic mass is 16.1. The van der Waals surface area contributed by atoms with Gasteiger partial charge < -0.3 is 10.3 Å². The molecule has 0 aliphatic carbocycles. The summed E-state index contributed by atoms with van der Waals surface area (Å²) in [6, 6.07) is 10.4. The van der Waals surface area contributed by atoms with Gasteiger partial charge in [0.1, 0.15) is 0 Å². The van der Waals surface area contributed by atoms with Crippen molar-refractivity contribution in [1.82, 2.24) is 4.57 Å². The van der Waals surface area contributed by atoms with Gasteiger partial charge in [-0.15, -0.1) is 0 Å². The topological polar surface area (TPSA) is 48.0 Å². The van der Waals surface area contributed by atoms with Gasteiger partial charge in [-0.25, -0.2) is 0 Å². The average molecular weight is 284 g/mol. The second-order valence-electron chi connectivity index (χ2n) is 5.73. The molecule has 1 amide bonds. The summed E-state index contributed by atoms with van der Waals surface area (Å²) in [4.78, 5) is 12.0. The number of aromatic nitrogens is 1. The van der Waals surface area contributed by atoms with Crippen LogP contribution in [0.1, 0.15) is 55.0 Å². The number of nitrogens with two attached hydrogens (primary N) is 1. The van der Waals surface area contributed by atoms with Crippen LogP contribution >= 0.6 is 0 Å². The number of hydrogen-bond donors (Lipinski definition) is 1. The van der Waals surface area contributed by atoms with Crippen LogP contribution in [0, 0.1) is 6.92 Å². The first kappa shape index (κ1) is 15.4.